The largest absolute Gasteiger partial charge is 0.484 e. The van der Waals surface area contributed by atoms with E-state index in [1.54, 1.807) is 11.3 Å². The van der Waals surface area contributed by atoms with Crippen LogP contribution in [0, 0.1) is 19.8 Å². The molecule has 0 bridgehead atoms. The molecule has 122 valence electrons. The van der Waals surface area contributed by atoms with Crippen molar-refractivity contribution in [3.05, 3.63) is 39.9 Å². The van der Waals surface area contributed by atoms with E-state index in [1.165, 1.54) is 16.9 Å². The molecule has 0 unspecified atom stereocenters. The molecule has 0 saturated heterocycles. The summed E-state index contributed by atoms with van der Waals surface area (Å²) < 4.78 is 5.56. The first-order valence-corrected chi connectivity index (χ1v) is 8.81. The van der Waals surface area contributed by atoms with Gasteiger partial charge in [0, 0.05) is 4.88 Å². The van der Waals surface area contributed by atoms with Gasteiger partial charge in [-0.15, -0.1) is 11.3 Å². The van der Waals surface area contributed by atoms with E-state index in [4.69, 9.17) is 4.74 Å². The second-order valence-corrected chi connectivity index (χ2v) is 7.40. The number of hydrogen-bond acceptors (Lipinski definition) is 4. The van der Waals surface area contributed by atoms with Crippen LogP contribution >= 0.6 is 11.3 Å². The van der Waals surface area contributed by atoms with E-state index < -0.39 is 0 Å². The molecular weight excluding hydrogens is 308 g/mol. The Hall–Kier alpha value is -1.88. The lowest BCUT2D eigenvalue weighted by molar-refractivity contribution is -0.118. The number of carbonyl (C=O) groups excluding carboxylic acids is 1. The maximum atomic E-state index is 12.0. The highest BCUT2D eigenvalue weighted by molar-refractivity contribution is 7.15. The van der Waals surface area contributed by atoms with Gasteiger partial charge in [0.25, 0.3) is 5.91 Å². The highest BCUT2D eigenvalue weighted by Gasteiger charge is 2.20. The van der Waals surface area contributed by atoms with Crippen molar-refractivity contribution in [3.8, 4) is 5.75 Å². The quantitative estimate of drug-likeness (QED) is 0.925. The zero-order valence-electron chi connectivity index (χ0n) is 13.8. The lowest BCUT2D eigenvalue weighted by Gasteiger charge is -2.15. The molecular formula is C18H22N2O2S. The van der Waals surface area contributed by atoms with Crippen LogP contribution in [-0.2, 0) is 17.6 Å². The third-order valence-corrected chi connectivity index (χ3v) is 5.32. The van der Waals surface area contributed by atoms with Crippen LogP contribution in [-0.4, -0.2) is 17.5 Å². The Morgan fingerprint density at radius 2 is 2.22 bits per heavy atom. The molecule has 0 aliphatic heterocycles. The van der Waals surface area contributed by atoms with E-state index in [9.17, 15) is 4.79 Å². The Bertz CT molecular complexity index is 724. The average molecular weight is 330 g/mol. The van der Waals surface area contributed by atoms with Crippen LogP contribution in [0.5, 0.6) is 5.75 Å². The lowest BCUT2D eigenvalue weighted by Crippen LogP contribution is -2.20. The van der Waals surface area contributed by atoms with E-state index in [0.717, 1.165) is 29.8 Å². The molecule has 0 saturated carbocycles. The van der Waals surface area contributed by atoms with Crippen molar-refractivity contribution in [2.75, 3.05) is 11.9 Å². The fraction of sp³-hybridized carbons (Fsp3) is 0.444. The van der Waals surface area contributed by atoms with E-state index >= 15 is 0 Å². The van der Waals surface area contributed by atoms with Crippen LogP contribution in [0.25, 0.3) is 0 Å². The standard InChI is InChI=1S/C18H22N2O2S/c1-11-4-7-15-16(8-11)23-18(19-15)20-17(21)10-22-14-6-5-12(2)13(3)9-14/h5-6,9,11H,4,7-8,10H2,1-3H3,(H,19,20,21)/t11-/m0/s1. The molecule has 1 amide bonds. The van der Waals surface area contributed by atoms with E-state index in [1.807, 2.05) is 25.1 Å². The first-order chi connectivity index (χ1) is 11.0. The Kier molecular flexibility index (Phi) is 4.66. The number of carbonyl (C=O) groups is 1. The molecule has 5 heteroatoms. The number of nitrogens with zero attached hydrogens (tertiary/aromatic N) is 1. The molecule has 0 spiro atoms. The molecule has 1 aromatic heterocycles. The molecule has 3 rings (SSSR count). The minimum absolute atomic E-state index is 0.00313. The van der Waals surface area contributed by atoms with Gasteiger partial charge in [0.2, 0.25) is 0 Å². The Balaban J connectivity index is 1.56. The third-order valence-electron chi connectivity index (χ3n) is 4.28. The van der Waals surface area contributed by atoms with E-state index in [2.05, 4.69) is 24.1 Å². The molecule has 1 aliphatic rings. The fourth-order valence-electron chi connectivity index (χ4n) is 2.70. The summed E-state index contributed by atoms with van der Waals surface area (Å²) in [6, 6.07) is 5.84. The molecule has 1 atom stereocenters. The monoisotopic (exact) mass is 330 g/mol. The van der Waals surface area contributed by atoms with Gasteiger partial charge in [-0.3, -0.25) is 10.1 Å². The van der Waals surface area contributed by atoms with Gasteiger partial charge in [0.05, 0.1) is 5.69 Å². The number of anilines is 1. The maximum absolute atomic E-state index is 12.0. The van der Waals surface area contributed by atoms with Gasteiger partial charge in [0.15, 0.2) is 11.7 Å². The second-order valence-electron chi connectivity index (χ2n) is 6.32. The second kappa shape index (κ2) is 6.71. The molecule has 0 radical (unpaired) electrons. The summed E-state index contributed by atoms with van der Waals surface area (Å²) in [4.78, 5) is 17.9. The summed E-state index contributed by atoms with van der Waals surface area (Å²) in [6.07, 6.45) is 3.27. The first kappa shape index (κ1) is 16.0. The van der Waals surface area contributed by atoms with Crippen LogP contribution in [0.15, 0.2) is 18.2 Å². The predicted octanol–water partition coefficient (Wildman–Crippen LogP) is 3.90. The van der Waals surface area contributed by atoms with Crippen molar-refractivity contribution in [1.29, 1.82) is 0 Å². The average Bonchev–Trinajstić information content (AvgIpc) is 2.89. The summed E-state index contributed by atoms with van der Waals surface area (Å²) in [5.74, 6) is 1.26. The van der Waals surface area contributed by atoms with Crippen molar-refractivity contribution in [1.82, 2.24) is 4.98 Å². The number of rotatable bonds is 4. The number of thiazole rings is 1. The molecule has 4 nitrogen and oxygen atoms in total. The topological polar surface area (TPSA) is 51.2 Å². The van der Waals surface area contributed by atoms with Crippen LogP contribution in [0.1, 0.15) is 35.0 Å². The van der Waals surface area contributed by atoms with Crippen LogP contribution in [0.2, 0.25) is 0 Å². The molecule has 2 aromatic rings. The van der Waals surface area contributed by atoms with Gasteiger partial charge in [-0.1, -0.05) is 13.0 Å². The Morgan fingerprint density at radius 3 is 3.00 bits per heavy atom. The number of nitrogens with one attached hydrogen (secondary N) is 1. The molecule has 1 heterocycles. The Labute approximate surface area is 140 Å². The molecule has 1 N–H and O–H groups in total. The highest BCUT2D eigenvalue weighted by Crippen LogP contribution is 2.32. The van der Waals surface area contributed by atoms with Gasteiger partial charge in [-0.25, -0.2) is 4.98 Å². The van der Waals surface area contributed by atoms with Crippen molar-refractivity contribution >= 4 is 22.4 Å². The molecule has 0 fully saturated rings. The number of hydrogen-bond donors (Lipinski definition) is 1. The minimum atomic E-state index is -0.164. The first-order valence-electron chi connectivity index (χ1n) is 7.99. The zero-order chi connectivity index (χ0) is 16.4. The highest BCUT2D eigenvalue weighted by atomic mass is 32.1. The number of fused-ring (bicyclic) bond motifs is 1. The van der Waals surface area contributed by atoms with Crippen molar-refractivity contribution < 1.29 is 9.53 Å². The summed E-state index contributed by atoms with van der Waals surface area (Å²) in [6.45, 7) is 6.35. The lowest BCUT2D eigenvalue weighted by atomic mass is 9.93. The number of ether oxygens (including phenoxy) is 1. The van der Waals surface area contributed by atoms with Gasteiger partial charge < -0.3 is 4.74 Å². The van der Waals surface area contributed by atoms with Gasteiger partial charge in [0.1, 0.15) is 5.75 Å². The molecule has 1 aliphatic carbocycles. The van der Waals surface area contributed by atoms with Crippen molar-refractivity contribution in [3.63, 3.8) is 0 Å². The van der Waals surface area contributed by atoms with E-state index in [0.29, 0.717) is 11.0 Å². The predicted molar refractivity (Wildman–Crippen MR) is 93.3 cm³/mol. The SMILES string of the molecule is Cc1ccc(OCC(=O)Nc2nc3c(s2)C[C@@H](C)CC3)cc1C. The van der Waals surface area contributed by atoms with E-state index in [-0.39, 0.29) is 12.5 Å². The fourth-order valence-corrected chi connectivity index (χ4v) is 3.89. The summed E-state index contributed by atoms with van der Waals surface area (Å²) >= 11 is 1.59. The van der Waals surface area contributed by atoms with Crippen LogP contribution in [0.3, 0.4) is 0 Å². The molecule has 1 aromatic carbocycles. The number of aryl methyl sites for hydroxylation is 3. The Morgan fingerprint density at radius 1 is 1.39 bits per heavy atom. The van der Waals surface area contributed by atoms with Crippen molar-refractivity contribution in [2.24, 2.45) is 5.92 Å². The number of aromatic nitrogens is 1. The van der Waals surface area contributed by atoms with Crippen LogP contribution in [0.4, 0.5) is 5.13 Å². The zero-order valence-corrected chi connectivity index (χ0v) is 14.6. The molecule has 23 heavy (non-hydrogen) atoms. The maximum Gasteiger partial charge on any atom is 0.264 e. The van der Waals surface area contributed by atoms with Gasteiger partial charge in [-0.05, 0) is 62.3 Å². The summed E-state index contributed by atoms with van der Waals surface area (Å²) in [5.41, 5.74) is 3.52. The summed E-state index contributed by atoms with van der Waals surface area (Å²) in [7, 11) is 0. The van der Waals surface area contributed by atoms with Crippen LogP contribution < -0.4 is 10.1 Å². The van der Waals surface area contributed by atoms with Gasteiger partial charge >= 0.3 is 0 Å². The number of benzene rings is 1. The summed E-state index contributed by atoms with van der Waals surface area (Å²) in [5, 5.41) is 3.55. The normalized spacial score (nSPS) is 16.7. The number of amides is 1. The van der Waals surface area contributed by atoms with Gasteiger partial charge in [-0.2, -0.15) is 0 Å². The minimum Gasteiger partial charge on any atom is -0.484 e. The third kappa shape index (κ3) is 3.91. The smallest absolute Gasteiger partial charge is 0.264 e. The van der Waals surface area contributed by atoms with Crippen molar-refractivity contribution in [2.45, 2.75) is 40.0 Å².